The maximum absolute atomic E-state index is 12.6. The minimum absolute atomic E-state index is 0.0387. The van der Waals surface area contributed by atoms with Crippen LogP contribution in [0.1, 0.15) is 33.8 Å². The third-order valence-corrected chi connectivity index (χ3v) is 4.66. The second-order valence-electron chi connectivity index (χ2n) is 5.88. The predicted molar refractivity (Wildman–Crippen MR) is 88.2 cm³/mol. The molecule has 1 aliphatic heterocycles. The third-order valence-electron chi connectivity index (χ3n) is 4.66. The first-order valence-corrected chi connectivity index (χ1v) is 7.72. The van der Waals surface area contributed by atoms with Crippen molar-refractivity contribution in [3.63, 3.8) is 0 Å². The second kappa shape index (κ2) is 6.09. The summed E-state index contributed by atoms with van der Waals surface area (Å²) in [5, 5.41) is 11.5. The van der Waals surface area contributed by atoms with Gasteiger partial charge < -0.3 is 14.7 Å². The first-order chi connectivity index (χ1) is 11.5. The van der Waals surface area contributed by atoms with Crippen molar-refractivity contribution < 1.29 is 19.4 Å². The monoisotopic (exact) mass is 325 g/mol. The van der Waals surface area contributed by atoms with Gasteiger partial charge in [0.05, 0.1) is 13.5 Å². The Morgan fingerprint density at radius 3 is 2.46 bits per heavy atom. The third kappa shape index (κ3) is 2.37. The minimum atomic E-state index is -1.61. The molecular formula is C19H19NO4. The van der Waals surface area contributed by atoms with Crippen LogP contribution in [-0.2, 0) is 15.3 Å². The van der Waals surface area contributed by atoms with E-state index in [9.17, 15) is 14.7 Å². The number of hydrogen-bond donors (Lipinski definition) is 1. The molecule has 0 saturated carbocycles. The fourth-order valence-corrected chi connectivity index (χ4v) is 3.36. The molecule has 2 unspecified atom stereocenters. The van der Waals surface area contributed by atoms with Crippen LogP contribution in [0.5, 0.6) is 0 Å². The van der Waals surface area contributed by atoms with Crippen molar-refractivity contribution in [3.05, 3.63) is 71.3 Å². The number of amides is 1. The molecule has 0 saturated heterocycles. The molecule has 1 N–H and O–H groups in total. The molecule has 0 fully saturated rings. The van der Waals surface area contributed by atoms with Gasteiger partial charge in [-0.2, -0.15) is 0 Å². The Hall–Kier alpha value is -2.66. The predicted octanol–water partition coefficient (Wildman–Crippen LogP) is 2.26. The van der Waals surface area contributed by atoms with Crippen LogP contribution in [0.25, 0.3) is 0 Å². The van der Waals surface area contributed by atoms with Gasteiger partial charge in [-0.1, -0.05) is 48.5 Å². The van der Waals surface area contributed by atoms with E-state index in [1.807, 2.05) is 30.3 Å². The fourth-order valence-electron chi connectivity index (χ4n) is 3.36. The Balaban J connectivity index is 2.16. The number of aliphatic hydroxyl groups is 1. The lowest BCUT2D eigenvalue weighted by atomic mass is 9.81. The normalized spacial score (nSPS) is 20.6. The number of esters is 1. The van der Waals surface area contributed by atoms with Crippen LogP contribution in [0.4, 0.5) is 0 Å². The number of ether oxygens (including phenoxy) is 1. The Morgan fingerprint density at radius 1 is 1.17 bits per heavy atom. The number of fused-ring (bicyclic) bond motifs is 1. The number of carbonyl (C=O) groups excluding carboxylic acids is 2. The Labute approximate surface area is 140 Å². The molecular weight excluding hydrogens is 306 g/mol. The lowest BCUT2D eigenvalue weighted by molar-refractivity contribution is -0.147. The summed E-state index contributed by atoms with van der Waals surface area (Å²) < 4.78 is 4.80. The van der Waals surface area contributed by atoms with Gasteiger partial charge in [0.2, 0.25) is 0 Å². The van der Waals surface area contributed by atoms with Crippen molar-refractivity contribution in [1.82, 2.24) is 4.90 Å². The second-order valence-corrected chi connectivity index (χ2v) is 5.88. The zero-order valence-electron chi connectivity index (χ0n) is 13.6. The van der Waals surface area contributed by atoms with Gasteiger partial charge in [0.1, 0.15) is 0 Å². The molecule has 2 atom stereocenters. The van der Waals surface area contributed by atoms with Gasteiger partial charge in [-0.25, -0.2) is 0 Å². The Morgan fingerprint density at radius 2 is 1.79 bits per heavy atom. The minimum Gasteiger partial charge on any atom is -0.469 e. The number of rotatable bonds is 4. The molecule has 0 aromatic heterocycles. The number of nitrogens with zero attached hydrogens (tertiary/aromatic N) is 1. The van der Waals surface area contributed by atoms with Crippen molar-refractivity contribution in [3.8, 4) is 0 Å². The molecule has 0 aliphatic carbocycles. The quantitative estimate of drug-likeness (QED) is 0.876. The molecule has 2 aromatic carbocycles. The Kier molecular flexibility index (Phi) is 4.11. The van der Waals surface area contributed by atoms with E-state index in [0.717, 1.165) is 5.56 Å². The summed E-state index contributed by atoms with van der Waals surface area (Å²) in [7, 11) is 2.86. The standard InChI is InChI=1S/C19H19NO4/c1-20-18(22)14-10-6-7-11-15(14)19(20,23)16(12-17(21)24-2)13-8-4-3-5-9-13/h3-11,16,23H,12H2,1-2H3. The van der Waals surface area contributed by atoms with E-state index in [2.05, 4.69) is 0 Å². The molecule has 24 heavy (non-hydrogen) atoms. The molecule has 1 heterocycles. The van der Waals surface area contributed by atoms with Crippen molar-refractivity contribution in [2.75, 3.05) is 14.2 Å². The van der Waals surface area contributed by atoms with Crippen molar-refractivity contribution >= 4 is 11.9 Å². The summed E-state index contributed by atoms with van der Waals surface area (Å²) in [5.74, 6) is -1.34. The molecule has 0 spiro atoms. The summed E-state index contributed by atoms with van der Waals surface area (Å²) in [5.41, 5.74) is 0.119. The lowest BCUT2D eigenvalue weighted by Gasteiger charge is -2.38. The van der Waals surface area contributed by atoms with E-state index in [1.165, 1.54) is 12.0 Å². The molecule has 0 bridgehead atoms. The molecule has 1 amide bonds. The van der Waals surface area contributed by atoms with Gasteiger partial charge in [0.25, 0.3) is 5.91 Å². The highest BCUT2D eigenvalue weighted by Gasteiger charge is 2.52. The number of hydrogen-bond acceptors (Lipinski definition) is 4. The van der Waals surface area contributed by atoms with Gasteiger partial charge >= 0.3 is 5.97 Å². The zero-order chi connectivity index (χ0) is 17.3. The van der Waals surface area contributed by atoms with E-state index in [1.54, 1.807) is 31.3 Å². The average Bonchev–Trinajstić information content (AvgIpc) is 2.83. The smallest absolute Gasteiger partial charge is 0.306 e. The molecule has 1 aliphatic rings. The topological polar surface area (TPSA) is 66.8 Å². The van der Waals surface area contributed by atoms with Crippen LogP contribution >= 0.6 is 0 Å². The van der Waals surface area contributed by atoms with Crippen LogP contribution in [0.15, 0.2) is 54.6 Å². The maximum Gasteiger partial charge on any atom is 0.306 e. The number of benzene rings is 2. The highest BCUT2D eigenvalue weighted by atomic mass is 16.5. The molecule has 3 rings (SSSR count). The first kappa shape index (κ1) is 16.2. The van der Waals surface area contributed by atoms with Gasteiger partial charge in [-0.3, -0.25) is 9.59 Å². The fraction of sp³-hybridized carbons (Fsp3) is 0.263. The lowest BCUT2D eigenvalue weighted by Crippen LogP contribution is -2.46. The number of carbonyl (C=O) groups is 2. The molecule has 2 aromatic rings. The van der Waals surface area contributed by atoms with Crippen molar-refractivity contribution in [2.24, 2.45) is 0 Å². The molecule has 124 valence electrons. The average molecular weight is 325 g/mol. The summed E-state index contributed by atoms with van der Waals surface area (Å²) in [6.07, 6.45) is -0.0387. The van der Waals surface area contributed by atoms with E-state index < -0.39 is 17.6 Å². The summed E-state index contributed by atoms with van der Waals surface area (Å²) in [4.78, 5) is 25.8. The Bertz CT molecular complexity index is 774. The summed E-state index contributed by atoms with van der Waals surface area (Å²) in [6.45, 7) is 0. The SMILES string of the molecule is COC(=O)CC(c1ccccc1)C1(O)c2ccccc2C(=O)N1C. The first-order valence-electron chi connectivity index (χ1n) is 7.72. The van der Waals surface area contributed by atoms with E-state index in [-0.39, 0.29) is 12.3 Å². The molecule has 0 radical (unpaired) electrons. The highest BCUT2D eigenvalue weighted by molar-refractivity contribution is 5.99. The van der Waals surface area contributed by atoms with Crippen LogP contribution in [-0.4, -0.2) is 36.0 Å². The highest BCUT2D eigenvalue weighted by Crippen LogP contribution is 2.47. The van der Waals surface area contributed by atoms with Gasteiger partial charge in [0.15, 0.2) is 5.72 Å². The number of methoxy groups -OCH3 is 1. The van der Waals surface area contributed by atoms with E-state index in [4.69, 9.17) is 4.74 Å². The number of likely N-dealkylation sites (N-methyl/N-ethyl adjacent to an activating group) is 1. The van der Waals surface area contributed by atoms with E-state index in [0.29, 0.717) is 11.1 Å². The molecule has 5 heteroatoms. The van der Waals surface area contributed by atoms with Crippen LogP contribution in [0, 0.1) is 0 Å². The zero-order valence-corrected chi connectivity index (χ0v) is 13.6. The van der Waals surface area contributed by atoms with E-state index >= 15 is 0 Å². The van der Waals surface area contributed by atoms with Crippen LogP contribution < -0.4 is 0 Å². The van der Waals surface area contributed by atoms with Crippen molar-refractivity contribution in [2.45, 2.75) is 18.1 Å². The summed E-state index contributed by atoms with van der Waals surface area (Å²) in [6, 6.07) is 16.2. The van der Waals surface area contributed by atoms with Gasteiger partial charge in [0, 0.05) is 24.1 Å². The summed E-state index contributed by atoms with van der Waals surface area (Å²) >= 11 is 0. The van der Waals surface area contributed by atoms with Crippen LogP contribution in [0.3, 0.4) is 0 Å². The largest absolute Gasteiger partial charge is 0.469 e. The van der Waals surface area contributed by atoms with Gasteiger partial charge in [-0.15, -0.1) is 0 Å². The molecule has 5 nitrogen and oxygen atoms in total. The van der Waals surface area contributed by atoms with Crippen LogP contribution in [0.2, 0.25) is 0 Å². The van der Waals surface area contributed by atoms with Gasteiger partial charge in [-0.05, 0) is 11.6 Å². The maximum atomic E-state index is 12.6. The van der Waals surface area contributed by atoms with Crippen molar-refractivity contribution in [1.29, 1.82) is 0 Å².